The number of nitrogens with zero attached hydrogens (tertiary/aromatic N) is 2. The van der Waals surface area contributed by atoms with E-state index in [4.69, 9.17) is 5.73 Å². The van der Waals surface area contributed by atoms with Gasteiger partial charge in [0.15, 0.2) is 0 Å². The Bertz CT molecular complexity index is 470. The van der Waals surface area contributed by atoms with Gasteiger partial charge in [-0.15, -0.1) is 0 Å². The predicted octanol–water partition coefficient (Wildman–Crippen LogP) is 2.18. The lowest BCUT2D eigenvalue weighted by Gasteiger charge is -2.21. The van der Waals surface area contributed by atoms with Crippen LogP contribution in [0.3, 0.4) is 0 Å². The van der Waals surface area contributed by atoms with Crippen molar-refractivity contribution in [3.8, 4) is 0 Å². The van der Waals surface area contributed by atoms with Gasteiger partial charge < -0.3 is 10.6 Å². The van der Waals surface area contributed by atoms with Gasteiger partial charge in [-0.3, -0.25) is 4.90 Å². The molecule has 0 aliphatic carbocycles. The summed E-state index contributed by atoms with van der Waals surface area (Å²) >= 11 is 0. The third-order valence-corrected chi connectivity index (χ3v) is 3.59. The van der Waals surface area contributed by atoms with Crippen molar-refractivity contribution in [2.24, 2.45) is 5.73 Å². The fourth-order valence-corrected chi connectivity index (χ4v) is 2.58. The van der Waals surface area contributed by atoms with Crippen molar-refractivity contribution in [1.29, 1.82) is 0 Å². The Kier molecular flexibility index (Phi) is 5.18. The summed E-state index contributed by atoms with van der Waals surface area (Å²) in [5.74, 6) is 0. The van der Waals surface area contributed by atoms with Crippen LogP contribution in [0.4, 0.5) is 4.79 Å². The Morgan fingerprint density at radius 3 is 2.65 bits per heavy atom. The van der Waals surface area contributed by atoms with Crippen molar-refractivity contribution in [1.82, 2.24) is 9.80 Å². The van der Waals surface area contributed by atoms with Gasteiger partial charge in [-0.05, 0) is 18.9 Å². The van der Waals surface area contributed by atoms with E-state index >= 15 is 0 Å². The van der Waals surface area contributed by atoms with E-state index < -0.39 is 0 Å². The normalized spacial score (nSPS) is 17.9. The molecule has 1 heterocycles. The van der Waals surface area contributed by atoms with E-state index in [-0.39, 0.29) is 6.03 Å². The van der Waals surface area contributed by atoms with E-state index in [0.717, 1.165) is 39.1 Å². The number of primary amides is 1. The van der Waals surface area contributed by atoms with Gasteiger partial charge in [-0.2, -0.15) is 0 Å². The largest absolute Gasteiger partial charge is 0.351 e. The molecule has 1 aliphatic heterocycles. The van der Waals surface area contributed by atoms with E-state index in [2.05, 4.69) is 42.2 Å². The molecule has 0 spiro atoms. The molecule has 2 amide bonds. The Morgan fingerprint density at radius 2 is 1.95 bits per heavy atom. The maximum atomic E-state index is 11.2. The number of urea groups is 1. The second-order valence-electron chi connectivity index (χ2n) is 5.36. The van der Waals surface area contributed by atoms with Gasteiger partial charge in [0.25, 0.3) is 0 Å². The summed E-state index contributed by atoms with van der Waals surface area (Å²) < 4.78 is 0. The second-order valence-corrected chi connectivity index (χ2v) is 5.36. The average molecular weight is 273 g/mol. The summed E-state index contributed by atoms with van der Waals surface area (Å²) in [5.41, 5.74) is 7.91. The van der Waals surface area contributed by atoms with Crippen LogP contribution in [0.15, 0.2) is 35.9 Å². The molecule has 1 aliphatic rings. The highest BCUT2D eigenvalue weighted by Crippen LogP contribution is 2.10. The molecular formula is C16H23N3O. The molecule has 20 heavy (non-hydrogen) atoms. The van der Waals surface area contributed by atoms with Crippen molar-refractivity contribution < 1.29 is 4.79 Å². The van der Waals surface area contributed by atoms with Gasteiger partial charge >= 0.3 is 6.03 Å². The fourth-order valence-electron chi connectivity index (χ4n) is 2.58. The zero-order chi connectivity index (χ0) is 14.4. The number of benzene rings is 1. The van der Waals surface area contributed by atoms with E-state index in [1.54, 1.807) is 4.90 Å². The molecule has 2 rings (SSSR count). The minimum absolute atomic E-state index is 0.302. The van der Waals surface area contributed by atoms with E-state index in [1.807, 2.05) is 6.07 Å². The molecule has 0 aromatic heterocycles. The number of carbonyl (C=O) groups is 1. The molecule has 1 aromatic carbocycles. The van der Waals surface area contributed by atoms with Gasteiger partial charge in [-0.25, -0.2) is 4.79 Å². The Balaban J connectivity index is 1.90. The lowest BCUT2D eigenvalue weighted by Crippen LogP contribution is -2.38. The zero-order valence-corrected chi connectivity index (χ0v) is 12.1. The molecule has 1 fully saturated rings. The van der Waals surface area contributed by atoms with Crippen LogP contribution < -0.4 is 5.73 Å². The number of hydrogen-bond donors (Lipinski definition) is 1. The summed E-state index contributed by atoms with van der Waals surface area (Å²) in [6.07, 6.45) is 3.21. The van der Waals surface area contributed by atoms with Gasteiger partial charge in [0.1, 0.15) is 0 Å². The van der Waals surface area contributed by atoms with Gasteiger partial charge in [0, 0.05) is 32.7 Å². The smallest absolute Gasteiger partial charge is 0.314 e. The van der Waals surface area contributed by atoms with Crippen LogP contribution in [0, 0.1) is 0 Å². The molecule has 1 aromatic rings. The molecule has 4 nitrogen and oxygen atoms in total. The van der Waals surface area contributed by atoms with Gasteiger partial charge in [0.2, 0.25) is 0 Å². The monoisotopic (exact) mass is 273 g/mol. The fraction of sp³-hybridized carbons (Fsp3) is 0.438. The predicted molar refractivity (Wildman–Crippen MR) is 82.3 cm³/mol. The standard InChI is InChI=1S/C16H23N3O/c1-14(12-15-6-3-2-4-7-15)13-18-8-5-9-19(11-10-18)16(17)20/h2-4,6-7,12H,5,8-11,13H2,1H3,(H2,17,20). The average Bonchev–Trinajstić information content (AvgIpc) is 2.65. The number of rotatable bonds is 3. The summed E-state index contributed by atoms with van der Waals surface area (Å²) in [5, 5.41) is 0. The summed E-state index contributed by atoms with van der Waals surface area (Å²) in [6, 6.07) is 10.1. The van der Waals surface area contributed by atoms with Crippen LogP contribution >= 0.6 is 0 Å². The highest BCUT2D eigenvalue weighted by Gasteiger charge is 2.16. The lowest BCUT2D eigenvalue weighted by atomic mass is 10.1. The highest BCUT2D eigenvalue weighted by atomic mass is 16.2. The molecule has 0 bridgehead atoms. The van der Waals surface area contributed by atoms with Gasteiger partial charge in [0.05, 0.1) is 0 Å². The van der Waals surface area contributed by atoms with Gasteiger partial charge in [-0.1, -0.05) is 42.0 Å². The van der Waals surface area contributed by atoms with Crippen LogP contribution in [0.1, 0.15) is 18.9 Å². The molecule has 1 saturated heterocycles. The molecule has 0 saturated carbocycles. The lowest BCUT2D eigenvalue weighted by molar-refractivity contribution is 0.208. The maximum Gasteiger partial charge on any atom is 0.314 e. The van der Waals surface area contributed by atoms with E-state index in [9.17, 15) is 4.79 Å². The first-order valence-electron chi connectivity index (χ1n) is 7.14. The summed E-state index contributed by atoms with van der Waals surface area (Å²) in [4.78, 5) is 15.3. The van der Waals surface area contributed by atoms with E-state index in [0.29, 0.717) is 0 Å². The molecule has 4 heteroatoms. The van der Waals surface area contributed by atoms with Crippen molar-refractivity contribution in [3.05, 3.63) is 41.5 Å². The molecule has 0 radical (unpaired) electrons. The number of hydrogen-bond acceptors (Lipinski definition) is 2. The topological polar surface area (TPSA) is 49.6 Å². The first-order valence-corrected chi connectivity index (χ1v) is 7.14. The maximum absolute atomic E-state index is 11.2. The van der Waals surface area contributed by atoms with Crippen LogP contribution in [0.5, 0.6) is 0 Å². The third kappa shape index (κ3) is 4.38. The Labute approximate surface area is 120 Å². The minimum atomic E-state index is -0.302. The first kappa shape index (κ1) is 14.6. The molecule has 0 unspecified atom stereocenters. The van der Waals surface area contributed by atoms with Crippen molar-refractivity contribution >= 4 is 12.1 Å². The molecule has 108 valence electrons. The Hall–Kier alpha value is -1.81. The zero-order valence-electron chi connectivity index (χ0n) is 12.1. The quantitative estimate of drug-likeness (QED) is 0.917. The Morgan fingerprint density at radius 1 is 1.20 bits per heavy atom. The summed E-state index contributed by atoms with van der Waals surface area (Å²) in [7, 11) is 0. The van der Waals surface area contributed by atoms with Crippen molar-refractivity contribution in [3.63, 3.8) is 0 Å². The van der Waals surface area contributed by atoms with Crippen LogP contribution in [0.2, 0.25) is 0 Å². The number of nitrogens with two attached hydrogens (primary N) is 1. The number of amides is 2. The van der Waals surface area contributed by atoms with E-state index in [1.165, 1.54) is 11.1 Å². The van der Waals surface area contributed by atoms with Crippen LogP contribution in [-0.4, -0.2) is 48.6 Å². The highest BCUT2D eigenvalue weighted by molar-refractivity contribution is 5.71. The van der Waals surface area contributed by atoms with Crippen LogP contribution in [-0.2, 0) is 0 Å². The third-order valence-electron chi connectivity index (χ3n) is 3.59. The SMILES string of the molecule is CC(=Cc1ccccc1)CN1CCCN(C(N)=O)CC1. The molecule has 2 N–H and O–H groups in total. The minimum Gasteiger partial charge on any atom is -0.351 e. The van der Waals surface area contributed by atoms with Crippen molar-refractivity contribution in [2.75, 3.05) is 32.7 Å². The summed E-state index contributed by atoms with van der Waals surface area (Å²) in [6.45, 7) is 6.51. The first-order chi connectivity index (χ1) is 9.65. The number of carbonyl (C=O) groups excluding carboxylic acids is 1. The second kappa shape index (κ2) is 7.10. The van der Waals surface area contributed by atoms with Crippen LogP contribution in [0.25, 0.3) is 6.08 Å². The van der Waals surface area contributed by atoms with Crippen molar-refractivity contribution in [2.45, 2.75) is 13.3 Å². The molecule has 0 atom stereocenters. The molecular weight excluding hydrogens is 250 g/mol.